The first-order chi connectivity index (χ1) is 14.6. The summed E-state index contributed by atoms with van der Waals surface area (Å²) in [5.41, 5.74) is 2.59. The summed E-state index contributed by atoms with van der Waals surface area (Å²) in [6, 6.07) is 15.4. The summed E-state index contributed by atoms with van der Waals surface area (Å²) in [7, 11) is 1.88. The molecule has 0 amide bonds. The number of nitrogens with one attached hydrogen (secondary N) is 1. The molecule has 1 aliphatic heterocycles. The highest BCUT2D eigenvalue weighted by Gasteiger charge is 2.27. The predicted molar refractivity (Wildman–Crippen MR) is 114 cm³/mol. The fourth-order valence-electron chi connectivity index (χ4n) is 3.72. The Balaban J connectivity index is 1.32. The van der Waals surface area contributed by atoms with Gasteiger partial charge in [0.05, 0.1) is 5.75 Å². The first-order valence-electron chi connectivity index (χ1n) is 9.63. The van der Waals surface area contributed by atoms with E-state index in [0.29, 0.717) is 23.3 Å². The Kier molecular flexibility index (Phi) is 4.71. The van der Waals surface area contributed by atoms with E-state index in [0.717, 1.165) is 27.9 Å². The molecule has 1 atom stereocenters. The van der Waals surface area contributed by atoms with E-state index in [9.17, 15) is 4.79 Å². The highest BCUT2D eigenvalue weighted by molar-refractivity contribution is 7.99. The van der Waals surface area contributed by atoms with Gasteiger partial charge in [0.2, 0.25) is 0 Å². The molecule has 5 rings (SSSR count). The Morgan fingerprint density at radius 2 is 1.93 bits per heavy atom. The fourth-order valence-corrected chi connectivity index (χ4v) is 4.51. The maximum absolute atomic E-state index is 12.9. The fraction of sp³-hybridized carbons (Fsp3) is 0.227. The topological polar surface area (TPSA) is 82.0 Å². The Hall–Kier alpha value is -3.26. The predicted octanol–water partition coefficient (Wildman–Crippen LogP) is 4.09. The van der Waals surface area contributed by atoms with Crippen molar-refractivity contribution in [1.29, 1.82) is 0 Å². The monoisotopic (exact) mass is 420 g/mol. The van der Waals surface area contributed by atoms with Crippen LogP contribution >= 0.6 is 11.8 Å². The smallest absolute Gasteiger partial charge is 0.192 e. The highest BCUT2D eigenvalue weighted by atomic mass is 32.2. The Morgan fingerprint density at radius 1 is 1.17 bits per heavy atom. The van der Waals surface area contributed by atoms with Gasteiger partial charge in [0.1, 0.15) is 6.61 Å². The van der Waals surface area contributed by atoms with E-state index in [4.69, 9.17) is 9.47 Å². The average molecular weight is 420 g/mol. The summed E-state index contributed by atoms with van der Waals surface area (Å²) < 4.78 is 13.7. The molecule has 0 fully saturated rings. The van der Waals surface area contributed by atoms with Crippen LogP contribution in [-0.4, -0.2) is 37.9 Å². The van der Waals surface area contributed by atoms with Crippen molar-refractivity contribution in [2.45, 2.75) is 18.2 Å². The van der Waals surface area contributed by atoms with Crippen molar-refractivity contribution in [3.8, 4) is 11.5 Å². The Bertz CT molecular complexity index is 1250. The Morgan fingerprint density at radius 3 is 2.80 bits per heavy atom. The molecule has 8 heteroatoms. The van der Waals surface area contributed by atoms with Crippen molar-refractivity contribution in [2.24, 2.45) is 7.05 Å². The number of nitrogens with zero attached hydrogens (tertiary/aromatic N) is 3. The van der Waals surface area contributed by atoms with Gasteiger partial charge in [-0.05, 0) is 25.1 Å². The average Bonchev–Trinajstić information content (AvgIpc) is 3.30. The summed E-state index contributed by atoms with van der Waals surface area (Å²) in [5, 5.41) is 10.2. The van der Waals surface area contributed by atoms with E-state index >= 15 is 0 Å². The van der Waals surface area contributed by atoms with Gasteiger partial charge in [0.25, 0.3) is 0 Å². The minimum absolute atomic E-state index is 0.0608. The Labute approximate surface area is 177 Å². The van der Waals surface area contributed by atoms with E-state index < -0.39 is 0 Å². The summed E-state index contributed by atoms with van der Waals surface area (Å²) in [6.07, 6.45) is -0.349. The first kappa shape index (κ1) is 18.7. The van der Waals surface area contributed by atoms with E-state index in [2.05, 4.69) is 15.2 Å². The minimum Gasteiger partial charge on any atom is -0.485 e. The van der Waals surface area contributed by atoms with Crippen LogP contribution in [0.15, 0.2) is 53.7 Å². The van der Waals surface area contributed by atoms with E-state index in [1.54, 1.807) is 0 Å². The number of thioether (sulfide) groups is 1. The summed E-state index contributed by atoms with van der Waals surface area (Å²) in [5.74, 6) is 2.43. The number of carbonyl (C=O) groups excluding carboxylic acids is 1. The molecule has 0 aliphatic carbocycles. The number of hydrogen-bond acceptors (Lipinski definition) is 6. The molecule has 1 aliphatic rings. The van der Waals surface area contributed by atoms with Gasteiger partial charge in [-0.3, -0.25) is 4.79 Å². The zero-order valence-corrected chi connectivity index (χ0v) is 17.4. The van der Waals surface area contributed by atoms with Crippen molar-refractivity contribution < 1.29 is 14.3 Å². The lowest BCUT2D eigenvalue weighted by atomic mass is 10.1. The molecule has 0 unspecified atom stereocenters. The van der Waals surface area contributed by atoms with Gasteiger partial charge >= 0.3 is 0 Å². The molecular formula is C22H20N4O3S. The third-order valence-corrected chi connectivity index (χ3v) is 6.19. The number of para-hydroxylation sites is 3. The van der Waals surface area contributed by atoms with Crippen molar-refractivity contribution in [3.63, 3.8) is 0 Å². The number of hydrogen-bond donors (Lipinski definition) is 1. The van der Waals surface area contributed by atoms with Crippen molar-refractivity contribution in [1.82, 2.24) is 19.7 Å². The number of aromatic amines is 1. The van der Waals surface area contributed by atoms with Crippen LogP contribution in [0, 0.1) is 6.92 Å². The number of H-pyrrole nitrogens is 1. The van der Waals surface area contributed by atoms with Gasteiger partial charge in [0.15, 0.2) is 34.4 Å². The number of aromatic nitrogens is 4. The number of ketones is 1. The molecule has 7 nitrogen and oxygen atoms in total. The lowest BCUT2D eigenvalue weighted by Crippen LogP contribution is -2.24. The molecule has 30 heavy (non-hydrogen) atoms. The minimum atomic E-state index is -0.349. The van der Waals surface area contributed by atoms with Gasteiger partial charge < -0.3 is 19.0 Å². The van der Waals surface area contributed by atoms with E-state index in [1.807, 2.05) is 67.1 Å². The second kappa shape index (κ2) is 7.53. The van der Waals surface area contributed by atoms with Crippen LogP contribution in [-0.2, 0) is 7.05 Å². The van der Waals surface area contributed by atoms with Gasteiger partial charge in [0, 0.05) is 29.2 Å². The van der Waals surface area contributed by atoms with Gasteiger partial charge in [-0.1, -0.05) is 42.1 Å². The number of Topliss-reactive ketones (excluding diaryl/α,β-unsaturated/α-hetero) is 1. The molecule has 152 valence electrons. The second-order valence-corrected chi connectivity index (χ2v) is 8.09. The van der Waals surface area contributed by atoms with Crippen LogP contribution in [0.1, 0.15) is 28.0 Å². The number of ether oxygens (including phenoxy) is 2. The zero-order valence-electron chi connectivity index (χ0n) is 16.6. The molecule has 2 aromatic carbocycles. The van der Waals surface area contributed by atoms with E-state index in [-0.39, 0.29) is 17.6 Å². The number of benzene rings is 2. The zero-order chi connectivity index (χ0) is 20.7. The molecule has 0 spiro atoms. The summed E-state index contributed by atoms with van der Waals surface area (Å²) in [4.78, 5) is 16.2. The van der Waals surface area contributed by atoms with Gasteiger partial charge in [-0.15, -0.1) is 10.2 Å². The van der Waals surface area contributed by atoms with Crippen LogP contribution in [0.25, 0.3) is 10.9 Å². The molecule has 3 heterocycles. The van der Waals surface area contributed by atoms with Crippen LogP contribution in [0.2, 0.25) is 0 Å². The molecule has 1 N–H and O–H groups in total. The molecule has 0 saturated carbocycles. The van der Waals surface area contributed by atoms with E-state index in [1.165, 1.54) is 11.8 Å². The molecule has 0 bridgehead atoms. The molecule has 4 aromatic rings. The number of rotatable bonds is 5. The number of fused-ring (bicyclic) bond motifs is 2. The summed E-state index contributed by atoms with van der Waals surface area (Å²) >= 11 is 1.37. The van der Waals surface area contributed by atoms with Crippen LogP contribution < -0.4 is 9.47 Å². The first-order valence-corrected chi connectivity index (χ1v) is 10.6. The quantitative estimate of drug-likeness (QED) is 0.387. The maximum Gasteiger partial charge on any atom is 0.192 e. The van der Waals surface area contributed by atoms with Crippen molar-refractivity contribution >= 4 is 28.4 Å². The maximum atomic E-state index is 12.9. The normalized spacial score (nSPS) is 15.5. The lowest BCUT2D eigenvalue weighted by molar-refractivity contribution is 0.0825. The molecular weight excluding hydrogens is 400 g/mol. The largest absolute Gasteiger partial charge is 0.485 e. The van der Waals surface area contributed by atoms with Crippen LogP contribution in [0.3, 0.4) is 0 Å². The van der Waals surface area contributed by atoms with Gasteiger partial charge in [-0.2, -0.15) is 0 Å². The number of carbonyl (C=O) groups is 1. The molecule has 2 aromatic heterocycles. The third-order valence-electron chi connectivity index (χ3n) is 5.17. The summed E-state index contributed by atoms with van der Waals surface area (Å²) in [6.45, 7) is 2.29. The van der Waals surface area contributed by atoms with Crippen LogP contribution in [0.4, 0.5) is 0 Å². The second-order valence-electron chi connectivity index (χ2n) is 7.15. The van der Waals surface area contributed by atoms with Crippen molar-refractivity contribution in [2.75, 3.05) is 12.4 Å². The number of aryl methyl sites for hydroxylation is 1. The van der Waals surface area contributed by atoms with Crippen molar-refractivity contribution in [3.05, 3.63) is 65.6 Å². The standard InChI is InChI=1S/C22H20N4O3S/c1-13-20(14-7-3-4-8-15(14)23-13)16(27)12-30-22-25-24-21(26(22)2)19-11-28-17-9-5-6-10-18(17)29-19/h3-10,19,23H,11-12H2,1-2H3/t19-/m0/s1. The van der Waals surface area contributed by atoms with Crippen LogP contribution in [0.5, 0.6) is 11.5 Å². The lowest BCUT2D eigenvalue weighted by Gasteiger charge is -2.25. The van der Waals surface area contributed by atoms with Gasteiger partial charge in [-0.25, -0.2) is 0 Å². The highest BCUT2D eigenvalue weighted by Crippen LogP contribution is 2.36. The third kappa shape index (κ3) is 3.23. The molecule has 0 radical (unpaired) electrons. The molecule has 0 saturated heterocycles. The SMILES string of the molecule is Cc1[nH]c2ccccc2c1C(=O)CSc1nnc([C@@H]2COc3ccccc3O2)n1C.